The van der Waals surface area contributed by atoms with Crippen LogP contribution in [0.15, 0.2) is 34.1 Å². The van der Waals surface area contributed by atoms with Gasteiger partial charge in [0, 0.05) is 23.4 Å². The maximum atomic E-state index is 12.2. The monoisotopic (exact) mass is 419 g/mol. The lowest BCUT2D eigenvalue weighted by molar-refractivity contribution is -0.122. The lowest BCUT2D eigenvalue weighted by Crippen LogP contribution is -2.38. The first-order chi connectivity index (χ1) is 13.3. The van der Waals surface area contributed by atoms with E-state index in [1.54, 1.807) is 12.3 Å². The highest BCUT2D eigenvalue weighted by Crippen LogP contribution is 2.34. The zero-order chi connectivity index (χ0) is 19.9. The van der Waals surface area contributed by atoms with Gasteiger partial charge < -0.3 is 10.4 Å². The maximum absolute atomic E-state index is 12.2. The molecule has 1 atom stereocenters. The molecule has 1 saturated heterocycles. The number of carbonyl (C=O) groups is 1. The first kappa shape index (κ1) is 18.6. The number of aromatic nitrogens is 1. The molecular formula is C18H17N3O5S2. The van der Waals surface area contributed by atoms with E-state index in [1.165, 1.54) is 0 Å². The van der Waals surface area contributed by atoms with Gasteiger partial charge in [0.25, 0.3) is 0 Å². The molecule has 3 heterocycles. The van der Waals surface area contributed by atoms with Crippen molar-refractivity contribution in [3.63, 3.8) is 0 Å². The second kappa shape index (κ2) is 7.02. The van der Waals surface area contributed by atoms with Gasteiger partial charge in [-0.05, 0) is 18.6 Å². The van der Waals surface area contributed by atoms with Crippen LogP contribution in [-0.4, -0.2) is 47.8 Å². The molecule has 2 aliphatic rings. The van der Waals surface area contributed by atoms with Crippen LogP contribution in [0.2, 0.25) is 0 Å². The highest BCUT2D eigenvalue weighted by molar-refractivity contribution is 7.91. The molecule has 2 aliphatic heterocycles. The smallest absolute Gasteiger partial charge is 0.311 e. The Balaban J connectivity index is 1.52. The Morgan fingerprint density at radius 3 is 2.93 bits per heavy atom. The molecule has 10 heteroatoms. The van der Waals surface area contributed by atoms with Gasteiger partial charge in [-0.15, -0.1) is 0 Å². The van der Waals surface area contributed by atoms with Crippen molar-refractivity contribution >= 4 is 50.6 Å². The van der Waals surface area contributed by atoms with Gasteiger partial charge in [-0.2, -0.15) is 0 Å². The molecule has 1 amide bonds. The highest BCUT2D eigenvalue weighted by Gasteiger charge is 2.29. The molecule has 4 rings (SSSR count). The summed E-state index contributed by atoms with van der Waals surface area (Å²) in [6.45, 7) is -0.369. The highest BCUT2D eigenvalue weighted by atomic mass is 32.2. The molecule has 146 valence electrons. The van der Waals surface area contributed by atoms with Gasteiger partial charge in [-0.1, -0.05) is 29.5 Å². The molecule has 0 saturated carbocycles. The quantitative estimate of drug-likeness (QED) is 0.771. The third kappa shape index (κ3) is 3.65. The van der Waals surface area contributed by atoms with E-state index in [0.29, 0.717) is 11.3 Å². The van der Waals surface area contributed by atoms with E-state index in [0.717, 1.165) is 32.7 Å². The summed E-state index contributed by atoms with van der Waals surface area (Å²) in [5.41, 5.74) is 2.47. The van der Waals surface area contributed by atoms with E-state index in [1.807, 2.05) is 24.3 Å². The molecule has 0 bridgehead atoms. The molecule has 1 fully saturated rings. The number of benzene rings is 1. The number of hydrogen-bond acceptors (Lipinski definition) is 7. The molecule has 0 aliphatic carbocycles. The van der Waals surface area contributed by atoms with E-state index in [9.17, 15) is 23.1 Å². The zero-order valence-electron chi connectivity index (χ0n) is 14.7. The average Bonchev–Trinajstić information content (AvgIpc) is 3.28. The number of nitrogens with one attached hydrogen (secondary N) is 1. The number of hydrogen-bond donors (Lipinski definition) is 2. The van der Waals surface area contributed by atoms with Crippen molar-refractivity contribution in [2.45, 2.75) is 19.0 Å². The number of nitrogens with zero attached hydrogens (tertiary/aromatic N) is 2. The standard InChI is InChI=1S/C18H17N3O5S2/c22-16(20-12-5-6-28(25,26)10-12)9-21-17(23)15(27-18(21)24)7-11-8-19-14-4-2-1-3-13(11)14/h1-4,7-8,12,23H,5-6,9-10H2,(H,20,22). The molecular weight excluding hydrogens is 402 g/mol. The van der Waals surface area contributed by atoms with Gasteiger partial charge in [-0.3, -0.25) is 19.1 Å². The minimum Gasteiger partial charge on any atom is -0.493 e. The van der Waals surface area contributed by atoms with Crippen molar-refractivity contribution in [1.29, 1.82) is 0 Å². The van der Waals surface area contributed by atoms with Gasteiger partial charge in [0.1, 0.15) is 6.54 Å². The minimum atomic E-state index is -3.11. The van der Waals surface area contributed by atoms with E-state index in [2.05, 4.69) is 10.3 Å². The zero-order valence-corrected chi connectivity index (χ0v) is 16.3. The number of carbonyl (C=O) groups excluding carboxylic acids is 1. The van der Waals surface area contributed by atoms with Crippen LogP contribution in [0.3, 0.4) is 0 Å². The molecule has 1 unspecified atom stereocenters. The Morgan fingerprint density at radius 1 is 1.39 bits per heavy atom. The first-order valence-electron chi connectivity index (χ1n) is 8.60. The van der Waals surface area contributed by atoms with Crippen LogP contribution < -0.4 is 10.2 Å². The number of fused-ring (bicyclic) bond motifs is 1. The van der Waals surface area contributed by atoms with Crippen molar-refractivity contribution in [3.8, 4) is 5.88 Å². The number of rotatable bonds is 4. The van der Waals surface area contributed by atoms with Crippen LogP contribution in [0, 0.1) is 0 Å². The van der Waals surface area contributed by atoms with Crippen LogP contribution in [0.1, 0.15) is 16.9 Å². The topological polar surface area (TPSA) is 118 Å². The Bertz CT molecular complexity index is 1170. The summed E-state index contributed by atoms with van der Waals surface area (Å²) in [4.78, 5) is 28.6. The Kier molecular flexibility index (Phi) is 4.68. The fourth-order valence-corrected chi connectivity index (χ4v) is 5.78. The number of thiazole rings is 1. The Labute approximate surface area is 164 Å². The lowest BCUT2D eigenvalue weighted by atomic mass is 10.1. The number of aliphatic imine (C=N–C) groups is 1. The summed E-state index contributed by atoms with van der Waals surface area (Å²) in [5, 5.41) is 13.0. The van der Waals surface area contributed by atoms with Crippen LogP contribution in [0.4, 0.5) is 5.69 Å². The minimum absolute atomic E-state index is 0.0440. The third-order valence-corrected chi connectivity index (χ3v) is 7.32. The fraction of sp³-hybridized carbons (Fsp3) is 0.278. The number of sulfone groups is 1. The van der Waals surface area contributed by atoms with E-state index < -0.39 is 26.7 Å². The number of allylic oxidation sites excluding steroid dienone is 1. The van der Waals surface area contributed by atoms with Crippen molar-refractivity contribution in [2.75, 3.05) is 11.5 Å². The second-order valence-corrected chi connectivity index (χ2v) is 9.91. The number of aromatic hydroxyl groups is 1. The summed E-state index contributed by atoms with van der Waals surface area (Å²) in [7, 11) is -3.11. The van der Waals surface area contributed by atoms with E-state index in [4.69, 9.17) is 0 Å². The number of amides is 1. The normalized spacial score (nSPS) is 21.1. The first-order valence-corrected chi connectivity index (χ1v) is 11.2. The summed E-state index contributed by atoms with van der Waals surface area (Å²) < 4.78 is 23.9. The molecule has 2 aromatic rings. The summed E-state index contributed by atoms with van der Waals surface area (Å²) in [6, 6.07) is 7.06. The lowest BCUT2D eigenvalue weighted by Gasteiger charge is -2.11. The van der Waals surface area contributed by atoms with Gasteiger partial charge in [0.15, 0.2) is 9.84 Å². The molecule has 1 aromatic carbocycles. The summed E-state index contributed by atoms with van der Waals surface area (Å²) in [6.07, 6.45) is 3.68. The van der Waals surface area contributed by atoms with Crippen molar-refractivity contribution in [1.82, 2.24) is 9.88 Å². The second-order valence-electron chi connectivity index (χ2n) is 6.68. The fourth-order valence-electron chi connectivity index (χ4n) is 3.27. The predicted octanol–water partition coefficient (Wildman–Crippen LogP) is 1.18. The van der Waals surface area contributed by atoms with Crippen molar-refractivity contribution < 1.29 is 18.3 Å². The molecule has 8 nitrogen and oxygen atoms in total. The largest absolute Gasteiger partial charge is 0.493 e. The summed E-state index contributed by atoms with van der Waals surface area (Å²) >= 11 is 0.830. The average molecular weight is 419 g/mol. The third-order valence-electron chi connectivity index (χ3n) is 4.64. The number of para-hydroxylation sites is 1. The Morgan fingerprint density at radius 2 is 2.18 bits per heavy atom. The molecule has 0 spiro atoms. The van der Waals surface area contributed by atoms with E-state index >= 15 is 0 Å². The molecule has 2 N–H and O–H groups in total. The van der Waals surface area contributed by atoms with Crippen LogP contribution in [0.5, 0.6) is 5.88 Å². The summed E-state index contributed by atoms with van der Waals surface area (Å²) in [5.74, 6) is -0.861. The Hall–Kier alpha value is -2.72. The van der Waals surface area contributed by atoms with Gasteiger partial charge in [0.2, 0.25) is 11.8 Å². The van der Waals surface area contributed by atoms with Crippen LogP contribution >= 0.6 is 11.3 Å². The van der Waals surface area contributed by atoms with Crippen LogP contribution in [-0.2, 0) is 21.2 Å². The van der Waals surface area contributed by atoms with Crippen LogP contribution in [0.25, 0.3) is 11.6 Å². The van der Waals surface area contributed by atoms with Gasteiger partial charge in [0.05, 0.1) is 22.1 Å². The molecule has 0 radical (unpaired) electrons. The maximum Gasteiger partial charge on any atom is 0.311 e. The van der Waals surface area contributed by atoms with Crippen molar-refractivity contribution in [3.05, 3.63) is 44.4 Å². The molecule has 1 aromatic heterocycles. The van der Waals surface area contributed by atoms with Crippen molar-refractivity contribution in [2.24, 2.45) is 4.99 Å². The van der Waals surface area contributed by atoms with Gasteiger partial charge in [-0.25, -0.2) is 8.42 Å². The van der Waals surface area contributed by atoms with Gasteiger partial charge >= 0.3 is 4.87 Å². The predicted molar refractivity (Wildman–Crippen MR) is 108 cm³/mol. The van der Waals surface area contributed by atoms with E-state index in [-0.39, 0.29) is 23.9 Å². The SMILES string of the molecule is O=C(Cn1c(O)c(C=C2C=Nc3ccccc32)sc1=O)NC1CCS(=O)(=O)C1. The molecule has 28 heavy (non-hydrogen) atoms.